The van der Waals surface area contributed by atoms with E-state index in [1.807, 2.05) is 0 Å². The van der Waals surface area contributed by atoms with Crippen molar-refractivity contribution in [2.24, 2.45) is 0 Å². The topological polar surface area (TPSA) is 38.9 Å². The Morgan fingerprint density at radius 3 is 2.20 bits per heavy atom. The molecule has 0 unspecified atom stereocenters. The Morgan fingerprint density at radius 2 is 1.80 bits per heavy atom. The van der Waals surface area contributed by atoms with Crippen LogP contribution in [0.1, 0.15) is 17.6 Å². The van der Waals surface area contributed by atoms with Crippen LogP contribution < -0.4 is 5.73 Å². The first-order valence-electron chi connectivity index (χ1n) is 3.54. The summed E-state index contributed by atoms with van der Waals surface area (Å²) in [6.07, 6.45) is -8.48. The number of pyridine rings is 1. The van der Waals surface area contributed by atoms with Gasteiger partial charge in [0.1, 0.15) is 5.56 Å². The summed E-state index contributed by atoms with van der Waals surface area (Å²) in [5.41, 5.74) is 1.17. The first-order valence-corrected chi connectivity index (χ1v) is 3.54. The van der Waals surface area contributed by atoms with Crippen LogP contribution >= 0.6 is 0 Å². The molecule has 8 heteroatoms. The van der Waals surface area contributed by atoms with E-state index in [0.717, 1.165) is 0 Å². The molecule has 0 atom stereocenters. The second-order valence-corrected chi connectivity index (χ2v) is 2.59. The maximum Gasteiger partial charge on any atom is 0.419 e. The Kier molecular flexibility index (Phi) is 2.78. The minimum Gasteiger partial charge on any atom is -0.381 e. The van der Waals surface area contributed by atoms with Gasteiger partial charge in [-0.05, 0) is 0 Å². The Labute approximate surface area is 79.7 Å². The molecule has 15 heavy (non-hydrogen) atoms. The number of alkyl halides is 5. The van der Waals surface area contributed by atoms with Crippen LogP contribution in [0.2, 0.25) is 0 Å². The zero-order valence-corrected chi connectivity index (χ0v) is 6.95. The Bertz CT molecular complexity index is 372. The number of nitrogens with two attached hydrogens (primary N) is 1. The molecule has 1 aromatic heterocycles. The number of rotatable bonds is 1. The van der Waals surface area contributed by atoms with Gasteiger partial charge in [0.15, 0.2) is 11.6 Å². The van der Waals surface area contributed by atoms with Gasteiger partial charge in [-0.2, -0.15) is 13.2 Å². The zero-order valence-electron chi connectivity index (χ0n) is 6.95. The number of nitrogens with zero attached hydrogens (tertiary/aromatic N) is 1. The normalized spacial score (nSPS) is 12.2. The fourth-order valence-corrected chi connectivity index (χ4v) is 0.969. The molecule has 84 valence electrons. The Hall–Kier alpha value is -1.47. The van der Waals surface area contributed by atoms with Crippen molar-refractivity contribution in [1.29, 1.82) is 0 Å². The van der Waals surface area contributed by atoms with E-state index in [1.54, 1.807) is 0 Å². The molecule has 0 saturated carbocycles. The third-order valence-corrected chi connectivity index (χ3v) is 1.59. The molecule has 0 aromatic carbocycles. The van der Waals surface area contributed by atoms with Gasteiger partial charge in [-0.15, -0.1) is 0 Å². The fourth-order valence-electron chi connectivity index (χ4n) is 0.969. The molecular weight excluding hydrogens is 226 g/mol. The summed E-state index contributed by atoms with van der Waals surface area (Å²) in [7, 11) is 0. The van der Waals surface area contributed by atoms with Crippen molar-refractivity contribution in [3.05, 3.63) is 23.1 Å². The molecule has 2 N–H and O–H groups in total. The maximum atomic E-state index is 12.9. The monoisotopic (exact) mass is 230 g/mol. The van der Waals surface area contributed by atoms with Crippen molar-refractivity contribution in [3.8, 4) is 0 Å². The molecule has 0 radical (unpaired) electrons. The lowest BCUT2D eigenvalue weighted by Gasteiger charge is -2.13. The van der Waals surface area contributed by atoms with Gasteiger partial charge in [0.2, 0.25) is 0 Å². The molecule has 0 amide bonds. The van der Waals surface area contributed by atoms with Gasteiger partial charge >= 0.3 is 6.18 Å². The lowest BCUT2D eigenvalue weighted by atomic mass is 10.1. The van der Waals surface area contributed by atoms with Crippen LogP contribution in [-0.4, -0.2) is 4.98 Å². The Balaban J connectivity index is 3.49. The predicted octanol–water partition coefficient (Wildman–Crippen LogP) is 2.76. The first-order chi connectivity index (χ1) is 6.75. The van der Waals surface area contributed by atoms with Gasteiger partial charge in [0.05, 0.1) is 5.56 Å². The molecule has 0 aliphatic heterocycles. The van der Waals surface area contributed by atoms with Crippen molar-refractivity contribution in [3.63, 3.8) is 0 Å². The minimum absolute atomic E-state index is 0.214. The van der Waals surface area contributed by atoms with Gasteiger partial charge in [-0.3, -0.25) is 0 Å². The largest absolute Gasteiger partial charge is 0.419 e. The highest BCUT2D eigenvalue weighted by Gasteiger charge is 2.40. The smallest absolute Gasteiger partial charge is 0.381 e. The molecule has 0 fully saturated rings. The number of hydrogen-bond donors (Lipinski definition) is 1. The van der Waals surface area contributed by atoms with Crippen molar-refractivity contribution >= 4 is 5.82 Å². The van der Waals surface area contributed by atoms with Crippen molar-refractivity contribution in [1.82, 2.24) is 4.98 Å². The van der Waals surface area contributed by atoms with Crippen molar-refractivity contribution < 1.29 is 26.3 Å². The van der Waals surface area contributed by atoms with Crippen LogP contribution in [0.15, 0.2) is 6.20 Å². The van der Waals surface area contributed by atoms with Gasteiger partial charge in [-0.25, -0.2) is 18.2 Å². The number of halogens is 6. The molecule has 1 heterocycles. The SMILES string of the molecule is Nc1ncc(C(F)F)c(C(F)(F)F)c1F. The van der Waals surface area contributed by atoms with E-state index in [9.17, 15) is 26.3 Å². The van der Waals surface area contributed by atoms with E-state index in [0.29, 0.717) is 0 Å². The van der Waals surface area contributed by atoms with E-state index in [-0.39, 0.29) is 6.20 Å². The van der Waals surface area contributed by atoms with Crippen molar-refractivity contribution in [2.45, 2.75) is 12.6 Å². The third-order valence-electron chi connectivity index (χ3n) is 1.59. The highest BCUT2D eigenvalue weighted by Crippen LogP contribution is 2.38. The molecule has 0 bridgehead atoms. The third kappa shape index (κ3) is 2.13. The number of hydrogen-bond acceptors (Lipinski definition) is 2. The zero-order chi connectivity index (χ0) is 11.8. The molecule has 1 rings (SSSR count). The van der Waals surface area contributed by atoms with E-state index in [1.165, 1.54) is 0 Å². The molecule has 2 nitrogen and oxygen atoms in total. The average molecular weight is 230 g/mol. The summed E-state index contributed by atoms with van der Waals surface area (Å²) in [6.45, 7) is 0. The predicted molar refractivity (Wildman–Crippen MR) is 38.6 cm³/mol. The molecule has 0 saturated heterocycles. The summed E-state index contributed by atoms with van der Waals surface area (Å²) in [4.78, 5) is 2.90. The second kappa shape index (κ2) is 3.59. The summed E-state index contributed by atoms with van der Waals surface area (Å²) < 4.78 is 73.7. The van der Waals surface area contributed by atoms with Crippen LogP contribution in [-0.2, 0) is 6.18 Å². The molecule has 1 aromatic rings. The van der Waals surface area contributed by atoms with Gasteiger partial charge in [-0.1, -0.05) is 0 Å². The second-order valence-electron chi connectivity index (χ2n) is 2.59. The van der Waals surface area contributed by atoms with E-state index < -0.39 is 35.4 Å². The van der Waals surface area contributed by atoms with Crippen LogP contribution in [0.5, 0.6) is 0 Å². The standard InChI is InChI=1S/C7H4F6N2/c8-4-3(7(11,12)13)2(5(9)10)1-15-6(4)14/h1,5H,(H2,14,15). The highest BCUT2D eigenvalue weighted by atomic mass is 19.4. The van der Waals surface area contributed by atoms with Gasteiger partial charge in [0, 0.05) is 6.20 Å². The maximum absolute atomic E-state index is 12.9. The van der Waals surface area contributed by atoms with E-state index in [2.05, 4.69) is 4.98 Å². The van der Waals surface area contributed by atoms with Crippen LogP contribution in [0, 0.1) is 5.82 Å². The number of anilines is 1. The molecule has 0 spiro atoms. The van der Waals surface area contributed by atoms with E-state index in [4.69, 9.17) is 5.73 Å². The van der Waals surface area contributed by atoms with Crippen molar-refractivity contribution in [2.75, 3.05) is 5.73 Å². The van der Waals surface area contributed by atoms with Crippen LogP contribution in [0.3, 0.4) is 0 Å². The lowest BCUT2D eigenvalue weighted by Crippen LogP contribution is -2.15. The number of aromatic nitrogens is 1. The number of nitrogen functional groups attached to an aromatic ring is 1. The average Bonchev–Trinajstić information content (AvgIpc) is 2.06. The summed E-state index contributed by atoms with van der Waals surface area (Å²) in [5, 5.41) is 0. The summed E-state index contributed by atoms with van der Waals surface area (Å²) in [5.74, 6) is -3.04. The van der Waals surface area contributed by atoms with E-state index >= 15 is 0 Å². The minimum atomic E-state index is -5.23. The summed E-state index contributed by atoms with van der Waals surface area (Å²) in [6, 6.07) is 0. The van der Waals surface area contributed by atoms with Gasteiger partial charge in [0.25, 0.3) is 6.43 Å². The highest BCUT2D eigenvalue weighted by molar-refractivity contribution is 5.41. The Morgan fingerprint density at radius 1 is 1.27 bits per heavy atom. The fraction of sp³-hybridized carbons (Fsp3) is 0.286. The molecular formula is C7H4F6N2. The summed E-state index contributed by atoms with van der Waals surface area (Å²) >= 11 is 0. The molecule has 0 aliphatic carbocycles. The van der Waals surface area contributed by atoms with Crippen LogP contribution in [0.4, 0.5) is 32.2 Å². The van der Waals surface area contributed by atoms with Crippen LogP contribution in [0.25, 0.3) is 0 Å². The van der Waals surface area contributed by atoms with Gasteiger partial charge < -0.3 is 5.73 Å². The first kappa shape index (κ1) is 11.6. The molecule has 0 aliphatic rings. The quantitative estimate of drug-likeness (QED) is 0.753. The lowest BCUT2D eigenvalue weighted by molar-refractivity contribution is -0.142.